The Morgan fingerprint density at radius 2 is 1.65 bits per heavy atom. The lowest BCUT2D eigenvalue weighted by molar-refractivity contribution is -0.123. The van der Waals surface area contributed by atoms with Crippen molar-refractivity contribution in [1.82, 2.24) is 10.6 Å². The van der Waals surface area contributed by atoms with E-state index in [2.05, 4.69) is 10.6 Å². The largest absolute Gasteiger partial charge is 0.351 e. The quantitative estimate of drug-likeness (QED) is 0.751. The number of carbonyl (C=O) groups is 2. The number of hydrogen-bond donors (Lipinski definition) is 2. The number of carbonyl (C=O) groups excluding carboxylic acids is 2. The van der Waals surface area contributed by atoms with E-state index in [0.29, 0.717) is 10.6 Å². The monoisotopic (exact) mass is 372 g/mol. The van der Waals surface area contributed by atoms with Gasteiger partial charge in [-0.2, -0.15) is 0 Å². The Morgan fingerprint density at radius 3 is 2.27 bits per heavy atom. The molecule has 0 aliphatic rings. The maximum absolute atomic E-state index is 12.6. The van der Waals surface area contributed by atoms with Crippen molar-refractivity contribution in [2.24, 2.45) is 0 Å². The highest BCUT2D eigenvalue weighted by Gasteiger charge is 2.23. The summed E-state index contributed by atoms with van der Waals surface area (Å²) >= 11 is 6.12. The molecule has 1 atom stereocenters. The minimum atomic E-state index is -0.437. The molecular formula is C21H25ClN2O2. The molecule has 2 amide bonds. The Labute approximate surface area is 159 Å². The van der Waals surface area contributed by atoms with E-state index in [4.69, 9.17) is 11.6 Å². The fourth-order valence-electron chi connectivity index (χ4n) is 2.52. The van der Waals surface area contributed by atoms with E-state index in [1.807, 2.05) is 51.1 Å². The van der Waals surface area contributed by atoms with Crippen LogP contribution in [0.15, 0.2) is 54.6 Å². The molecule has 4 nitrogen and oxygen atoms in total. The van der Waals surface area contributed by atoms with Crippen molar-refractivity contribution in [1.29, 1.82) is 0 Å². The molecule has 138 valence electrons. The van der Waals surface area contributed by atoms with Gasteiger partial charge in [0, 0.05) is 5.54 Å². The molecule has 5 heteroatoms. The molecule has 0 unspecified atom stereocenters. The predicted octanol–water partition coefficient (Wildman–Crippen LogP) is 4.51. The van der Waals surface area contributed by atoms with Crippen molar-refractivity contribution in [2.45, 2.75) is 45.2 Å². The van der Waals surface area contributed by atoms with Gasteiger partial charge in [0.25, 0.3) is 5.91 Å². The molecule has 0 radical (unpaired) electrons. The molecule has 26 heavy (non-hydrogen) atoms. The van der Waals surface area contributed by atoms with Gasteiger partial charge in [0.1, 0.15) is 0 Å². The molecule has 0 aliphatic carbocycles. The van der Waals surface area contributed by atoms with Crippen molar-refractivity contribution >= 4 is 23.4 Å². The average molecular weight is 373 g/mol. The number of hydrogen-bond acceptors (Lipinski definition) is 2. The van der Waals surface area contributed by atoms with Crippen LogP contribution in [0.25, 0.3) is 0 Å². The molecule has 0 saturated carbocycles. The molecule has 0 fully saturated rings. The van der Waals surface area contributed by atoms with Crippen LogP contribution in [-0.4, -0.2) is 17.4 Å². The zero-order valence-electron chi connectivity index (χ0n) is 15.4. The summed E-state index contributed by atoms with van der Waals surface area (Å²) in [6, 6.07) is 15.9. The van der Waals surface area contributed by atoms with Crippen LogP contribution in [0.3, 0.4) is 0 Å². The molecule has 2 rings (SSSR count). The molecule has 2 aromatic rings. The summed E-state index contributed by atoms with van der Waals surface area (Å²) in [4.78, 5) is 25.1. The number of amides is 2. The number of rotatable bonds is 7. The summed E-state index contributed by atoms with van der Waals surface area (Å²) in [6.07, 6.45) is 0.977. The van der Waals surface area contributed by atoms with Gasteiger partial charge in [0.15, 0.2) is 0 Å². The Hall–Kier alpha value is -2.33. The standard InChI is InChI=1S/C21H25ClN2O2/c1-4-21(2,3)24-19(25)14-18(15-10-6-5-7-11-15)23-20(26)16-12-8-9-13-17(16)22/h5-13,18H,4,14H2,1-3H3,(H,23,26)(H,24,25)/t18-/m0/s1. The summed E-state index contributed by atoms with van der Waals surface area (Å²) in [5.74, 6) is -0.405. The highest BCUT2D eigenvalue weighted by Crippen LogP contribution is 2.21. The van der Waals surface area contributed by atoms with Crippen molar-refractivity contribution in [3.8, 4) is 0 Å². The van der Waals surface area contributed by atoms with Gasteiger partial charge in [-0.1, -0.05) is 61.0 Å². The minimum absolute atomic E-state index is 0.106. The van der Waals surface area contributed by atoms with E-state index >= 15 is 0 Å². The second kappa shape index (κ2) is 8.86. The molecule has 0 heterocycles. The molecule has 2 N–H and O–H groups in total. The second-order valence-electron chi connectivity index (χ2n) is 6.91. The highest BCUT2D eigenvalue weighted by atomic mass is 35.5. The van der Waals surface area contributed by atoms with E-state index in [-0.39, 0.29) is 23.8 Å². The molecule has 2 aromatic carbocycles. The van der Waals surface area contributed by atoms with Gasteiger partial charge < -0.3 is 10.6 Å². The zero-order valence-corrected chi connectivity index (χ0v) is 16.1. The lowest BCUT2D eigenvalue weighted by Crippen LogP contribution is -2.44. The van der Waals surface area contributed by atoms with E-state index in [0.717, 1.165) is 12.0 Å². The van der Waals surface area contributed by atoms with E-state index in [1.165, 1.54) is 0 Å². The average Bonchev–Trinajstić information content (AvgIpc) is 2.61. The third-order valence-electron chi connectivity index (χ3n) is 4.38. The molecule has 0 saturated heterocycles. The molecular weight excluding hydrogens is 348 g/mol. The maximum Gasteiger partial charge on any atom is 0.253 e. The van der Waals surface area contributed by atoms with Crippen molar-refractivity contribution in [3.05, 3.63) is 70.7 Å². The van der Waals surface area contributed by atoms with Crippen LogP contribution in [0.5, 0.6) is 0 Å². The summed E-state index contributed by atoms with van der Waals surface area (Å²) in [6.45, 7) is 5.98. The van der Waals surface area contributed by atoms with Gasteiger partial charge in [-0.3, -0.25) is 9.59 Å². The summed E-state index contributed by atoms with van der Waals surface area (Å²) in [7, 11) is 0. The zero-order chi connectivity index (χ0) is 19.2. The third kappa shape index (κ3) is 5.60. The van der Waals surface area contributed by atoms with Crippen LogP contribution in [0.2, 0.25) is 5.02 Å². The fraction of sp³-hybridized carbons (Fsp3) is 0.333. The first kappa shape index (κ1) is 20.0. The Morgan fingerprint density at radius 1 is 1.04 bits per heavy atom. The van der Waals surface area contributed by atoms with Crippen LogP contribution >= 0.6 is 11.6 Å². The van der Waals surface area contributed by atoms with Crippen LogP contribution in [0, 0.1) is 0 Å². The third-order valence-corrected chi connectivity index (χ3v) is 4.71. The smallest absolute Gasteiger partial charge is 0.253 e. The minimum Gasteiger partial charge on any atom is -0.351 e. The maximum atomic E-state index is 12.6. The van der Waals surface area contributed by atoms with Gasteiger partial charge in [-0.15, -0.1) is 0 Å². The number of benzene rings is 2. The first-order chi connectivity index (χ1) is 12.3. The SMILES string of the molecule is CCC(C)(C)NC(=O)C[C@H](NC(=O)c1ccccc1Cl)c1ccccc1. The van der Waals surface area contributed by atoms with Gasteiger partial charge in [-0.05, 0) is 38.0 Å². The molecule has 0 bridgehead atoms. The lowest BCUT2D eigenvalue weighted by atomic mass is 9.99. The molecule has 0 aliphatic heterocycles. The Balaban J connectivity index is 2.18. The predicted molar refractivity (Wildman–Crippen MR) is 105 cm³/mol. The van der Waals surface area contributed by atoms with Crippen LogP contribution < -0.4 is 10.6 Å². The van der Waals surface area contributed by atoms with Crippen LogP contribution in [0.1, 0.15) is 55.6 Å². The second-order valence-corrected chi connectivity index (χ2v) is 7.31. The molecule has 0 aromatic heterocycles. The number of nitrogens with one attached hydrogen (secondary N) is 2. The number of halogens is 1. The first-order valence-electron chi connectivity index (χ1n) is 8.74. The lowest BCUT2D eigenvalue weighted by Gasteiger charge is -2.26. The van der Waals surface area contributed by atoms with Crippen molar-refractivity contribution < 1.29 is 9.59 Å². The van der Waals surface area contributed by atoms with E-state index in [1.54, 1.807) is 24.3 Å². The highest BCUT2D eigenvalue weighted by molar-refractivity contribution is 6.33. The fourth-order valence-corrected chi connectivity index (χ4v) is 2.74. The Bertz CT molecular complexity index is 760. The first-order valence-corrected chi connectivity index (χ1v) is 9.11. The van der Waals surface area contributed by atoms with Crippen LogP contribution in [0.4, 0.5) is 0 Å². The summed E-state index contributed by atoms with van der Waals surface area (Å²) < 4.78 is 0. The topological polar surface area (TPSA) is 58.2 Å². The van der Waals surface area contributed by atoms with Crippen molar-refractivity contribution in [2.75, 3.05) is 0 Å². The van der Waals surface area contributed by atoms with Gasteiger partial charge in [-0.25, -0.2) is 0 Å². The van der Waals surface area contributed by atoms with E-state index < -0.39 is 6.04 Å². The van der Waals surface area contributed by atoms with Gasteiger partial charge in [0.05, 0.1) is 23.0 Å². The normalized spacial score (nSPS) is 12.3. The summed E-state index contributed by atoms with van der Waals surface area (Å²) in [5.41, 5.74) is 0.979. The van der Waals surface area contributed by atoms with Gasteiger partial charge >= 0.3 is 0 Å². The summed E-state index contributed by atoms with van der Waals surface area (Å²) in [5, 5.41) is 6.34. The molecule has 0 spiro atoms. The van der Waals surface area contributed by atoms with Gasteiger partial charge in [0.2, 0.25) is 5.91 Å². The van der Waals surface area contributed by atoms with Crippen LogP contribution in [-0.2, 0) is 4.79 Å². The Kier molecular flexibility index (Phi) is 6.81. The van der Waals surface area contributed by atoms with E-state index in [9.17, 15) is 9.59 Å². The van der Waals surface area contributed by atoms with Crippen molar-refractivity contribution in [3.63, 3.8) is 0 Å².